The maximum absolute atomic E-state index is 11.7. The van der Waals surface area contributed by atoms with Crippen LogP contribution < -0.4 is 0 Å². The smallest absolute Gasteiger partial charge is 0.410 e. The van der Waals surface area contributed by atoms with Gasteiger partial charge in [0.1, 0.15) is 6.10 Å². The number of amides is 1. The standard InChI is InChI=1S/C15H30N2O2/c1-6-7-17-11-14(19-15(17)18)10-16(8-12(2)3)9-13(4)5/h12-14H,6-11H2,1-5H3. The van der Waals surface area contributed by atoms with Crippen LogP contribution >= 0.6 is 0 Å². The van der Waals surface area contributed by atoms with Crippen molar-refractivity contribution < 1.29 is 9.53 Å². The molecule has 0 aliphatic carbocycles. The molecule has 0 aromatic carbocycles. The molecule has 0 spiro atoms. The first-order valence-electron chi connectivity index (χ1n) is 7.60. The monoisotopic (exact) mass is 270 g/mol. The third kappa shape index (κ3) is 5.81. The van der Waals surface area contributed by atoms with E-state index in [1.165, 1.54) is 0 Å². The van der Waals surface area contributed by atoms with Gasteiger partial charge in [-0.05, 0) is 18.3 Å². The van der Waals surface area contributed by atoms with Gasteiger partial charge in [-0.25, -0.2) is 4.79 Å². The van der Waals surface area contributed by atoms with E-state index < -0.39 is 0 Å². The van der Waals surface area contributed by atoms with E-state index in [1.54, 1.807) is 0 Å². The van der Waals surface area contributed by atoms with Gasteiger partial charge in [-0.2, -0.15) is 0 Å². The highest BCUT2D eigenvalue weighted by Gasteiger charge is 2.31. The van der Waals surface area contributed by atoms with Gasteiger partial charge in [0.2, 0.25) is 0 Å². The molecule has 4 heteroatoms. The minimum Gasteiger partial charge on any atom is -0.443 e. The summed E-state index contributed by atoms with van der Waals surface area (Å²) in [6.07, 6.45) is 0.890. The SMILES string of the molecule is CCCN1CC(CN(CC(C)C)CC(C)C)OC1=O. The Morgan fingerprint density at radius 3 is 2.32 bits per heavy atom. The minimum absolute atomic E-state index is 0.0385. The van der Waals surface area contributed by atoms with Gasteiger partial charge in [0, 0.05) is 26.2 Å². The van der Waals surface area contributed by atoms with E-state index in [0.717, 1.165) is 39.1 Å². The van der Waals surface area contributed by atoms with Crippen LogP contribution in [-0.4, -0.2) is 54.7 Å². The van der Waals surface area contributed by atoms with E-state index in [-0.39, 0.29) is 12.2 Å². The van der Waals surface area contributed by atoms with E-state index in [0.29, 0.717) is 11.8 Å². The number of hydrogen-bond donors (Lipinski definition) is 0. The van der Waals surface area contributed by atoms with Gasteiger partial charge >= 0.3 is 6.09 Å². The van der Waals surface area contributed by atoms with Crippen LogP contribution in [0.3, 0.4) is 0 Å². The quantitative estimate of drug-likeness (QED) is 0.680. The summed E-state index contributed by atoms with van der Waals surface area (Å²) in [5.74, 6) is 1.28. The molecule has 0 aromatic rings. The van der Waals surface area contributed by atoms with Crippen molar-refractivity contribution in [2.24, 2.45) is 11.8 Å². The van der Waals surface area contributed by atoms with E-state index in [2.05, 4.69) is 39.5 Å². The summed E-state index contributed by atoms with van der Waals surface area (Å²) >= 11 is 0. The molecule has 19 heavy (non-hydrogen) atoms. The zero-order valence-corrected chi connectivity index (χ0v) is 13.2. The molecule has 1 atom stereocenters. The third-order valence-electron chi connectivity index (χ3n) is 3.15. The lowest BCUT2D eigenvalue weighted by molar-refractivity contribution is 0.0972. The minimum atomic E-state index is -0.138. The van der Waals surface area contributed by atoms with Crippen LogP contribution in [0.4, 0.5) is 4.79 Å². The first-order chi connectivity index (χ1) is 8.92. The highest BCUT2D eigenvalue weighted by Crippen LogP contribution is 2.14. The molecule has 1 saturated heterocycles. The molecule has 0 radical (unpaired) electrons. The Hall–Kier alpha value is -0.770. The largest absolute Gasteiger partial charge is 0.443 e. The Labute approximate surface area is 118 Å². The molecule has 0 aromatic heterocycles. The number of hydrogen-bond acceptors (Lipinski definition) is 3. The van der Waals surface area contributed by atoms with Crippen molar-refractivity contribution in [3.63, 3.8) is 0 Å². The van der Waals surface area contributed by atoms with Crippen molar-refractivity contribution in [3.05, 3.63) is 0 Å². The summed E-state index contributed by atoms with van der Waals surface area (Å²) in [7, 11) is 0. The molecule has 0 N–H and O–H groups in total. The Morgan fingerprint density at radius 2 is 1.84 bits per heavy atom. The van der Waals surface area contributed by atoms with E-state index in [4.69, 9.17) is 4.74 Å². The lowest BCUT2D eigenvalue weighted by atomic mass is 10.1. The molecular formula is C15H30N2O2. The summed E-state index contributed by atoms with van der Waals surface area (Å²) in [6.45, 7) is 15.6. The number of nitrogens with zero attached hydrogens (tertiary/aromatic N) is 2. The summed E-state index contributed by atoms with van der Waals surface area (Å²) in [5.41, 5.74) is 0. The molecule has 1 rings (SSSR count). The molecule has 1 aliphatic rings. The molecule has 0 bridgehead atoms. The van der Waals surface area contributed by atoms with Crippen LogP contribution in [-0.2, 0) is 4.74 Å². The molecular weight excluding hydrogens is 240 g/mol. The van der Waals surface area contributed by atoms with Crippen molar-refractivity contribution >= 4 is 6.09 Å². The van der Waals surface area contributed by atoms with Crippen LogP contribution in [0.15, 0.2) is 0 Å². The van der Waals surface area contributed by atoms with Crippen molar-refractivity contribution in [2.75, 3.05) is 32.7 Å². The molecule has 1 heterocycles. The first kappa shape index (κ1) is 16.3. The summed E-state index contributed by atoms with van der Waals surface area (Å²) < 4.78 is 5.47. The maximum atomic E-state index is 11.7. The Bertz CT molecular complexity index is 269. The van der Waals surface area contributed by atoms with Gasteiger partial charge in [0.05, 0.1) is 6.54 Å². The van der Waals surface area contributed by atoms with Crippen LogP contribution in [0.5, 0.6) is 0 Å². The van der Waals surface area contributed by atoms with Gasteiger partial charge in [-0.1, -0.05) is 34.6 Å². The zero-order chi connectivity index (χ0) is 14.4. The van der Waals surface area contributed by atoms with Crippen LogP contribution in [0, 0.1) is 11.8 Å². The van der Waals surface area contributed by atoms with Crippen molar-refractivity contribution in [3.8, 4) is 0 Å². The lowest BCUT2D eigenvalue weighted by Gasteiger charge is -2.27. The number of carbonyl (C=O) groups is 1. The van der Waals surface area contributed by atoms with Crippen LogP contribution in [0.2, 0.25) is 0 Å². The molecule has 0 saturated carbocycles. The molecule has 112 valence electrons. The van der Waals surface area contributed by atoms with E-state index >= 15 is 0 Å². The number of rotatable bonds is 8. The average Bonchev–Trinajstić information content (AvgIpc) is 2.57. The van der Waals surface area contributed by atoms with Gasteiger partial charge in [-0.15, -0.1) is 0 Å². The van der Waals surface area contributed by atoms with Gasteiger partial charge in [0.15, 0.2) is 0 Å². The first-order valence-corrected chi connectivity index (χ1v) is 7.60. The zero-order valence-electron chi connectivity index (χ0n) is 13.2. The van der Waals surface area contributed by atoms with Crippen molar-refractivity contribution in [1.82, 2.24) is 9.80 Å². The second-order valence-corrected chi connectivity index (χ2v) is 6.46. The number of ether oxygens (including phenoxy) is 1. The summed E-state index contributed by atoms with van der Waals surface area (Å²) in [4.78, 5) is 15.9. The molecule has 1 fully saturated rings. The van der Waals surface area contributed by atoms with Gasteiger partial charge < -0.3 is 9.64 Å². The Morgan fingerprint density at radius 1 is 1.26 bits per heavy atom. The predicted molar refractivity (Wildman–Crippen MR) is 78.2 cm³/mol. The Kier molecular flexibility index (Phi) is 6.63. The van der Waals surface area contributed by atoms with E-state index in [9.17, 15) is 4.79 Å². The average molecular weight is 270 g/mol. The Balaban J connectivity index is 2.48. The number of cyclic esters (lactones) is 1. The highest BCUT2D eigenvalue weighted by atomic mass is 16.6. The topological polar surface area (TPSA) is 32.8 Å². The van der Waals surface area contributed by atoms with Crippen LogP contribution in [0.1, 0.15) is 41.0 Å². The highest BCUT2D eigenvalue weighted by molar-refractivity contribution is 5.69. The van der Waals surface area contributed by atoms with E-state index in [1.807, 2.05) is 4.90 Å². The fourth-order valence-corrected chi connectivity index (χ4v) is 2.67. The fraction of sp³-hybridized carbons (Fsp3) is 0.933. The fourth-order valence-electron chi connectivity index (χ4n) is 2.67. The van der Waals surface area contributed by atoms with Gasteiger partial charge in [0.25, 0.3) is 0 Å². The molecule has 1 aliphatic heterocycles. The van der Waals surface area contributed by atoms with Crippen molar-refractivity contribution in [2.45, 2.75) is 47.1 Å². The predicted octanol–water partition coefficient (Wildman–Crippen LogP) is 2.83. The second-order valence-electron chi connectivity index (χ2n) is 6.46. The number of carbonyl (C=O) groups excluding carboxylic acids is 1. The molecule has 1 amide bonds. The molecule has 1 unspecified atom stereocenters. The normalized spacial score (nSPS) is 19.9. The summed E-state index contributed by atoms with van der Waals surface area (Å²) in [5, 5.41) is 0. The lowest BCUT2D eigenvalue weighted by Crippen LogP contribution is -2.39. The van der Waals surface area contributed by atoms with Crippen LogP contribution in [0.25, 0.3) is 0 Å². The summed E-state index contributed by atoms with van der Waals surface area (Å²) in [6, 6.07) is 0. The second kappa shape index (κ2) is 7.73. The maximum Gasteiger partial charge on any atom is 0.410 e. The molecule has 4 nitrogen and oxygen atoms in total. The van der Waals surface area contributed by atoms with Gasteiger partial charge in [-0.3, -0.25) is 4.90 Å². The third-order valence-corrected chi connectivity index (χ3v) is 3.15. The van der Waals surface area contributed by atoms with Crippen molar-refractivity contribution in [1.29, 1.82) is 0 Å².